The summed E-state index contributed by atoms with van der Waals surface area (Å²) in [6.45, 7) is 6.03. The SMILES string of the molecule is COc1c(C)cc(C)c(OC)c1-c1cnn(-c2cc(F)cc(Oc3ccc4c5ccccc5n(-c5cc(C)ccn5)c4c3)c2)c1. The van der Waals surface area contributed by atoms with Crippen molar-refractivity contribution in [3.05, 3.63) is 120 Å². The smallest absolute Gasteiger partial charge is 0.137 e. The first-order valence-corrected chi connectivity index (χ1v) is 14.6. The van der Waals surface area contributed by atoms with Crippen LogP contribution in [0.25, 0.3) is 44.4 Å². The molecule has 0 unspecified atom stereocenters. The molecule has 7 aromatic rings. The molecule has 3 aromatic heterocycles. The van der Waals surface area contributed by atoms with Crippen LogP contribution in [0.5, 0.6) is 23.0 Å². The first kappa shape index (κ1) is 28.2. The lowest BCUT2D eigenvalue weighted by atomic mass is 9.99. The fourth-order valence-electron chi connectivity index (χ4n) is 6.11. The number of fused-ring (bicyclic) bond motifs is 3. The monoisotopic (exact) mass is 598 g/mol. The van der Waals surface area contributed by atoms with Crippen LogP contribution in [0.1, 0.15) is 16.7 Å². The van der Waals surface area contributed by atoms with Crippen LogP contribution < -0.4 is 14.2 Å². The van der Waals surface area contributed by atoms with E-state index in [0.29, 0.717) is 28.7 Å². The van der Waals surface area contributed by atoms with Gasteiger partial charge in [-0.3, -0.25) is 4.57 Å². The van der Waals surface area contributed by atoms with Gasteiger partial charge >= 0.3 is 0 Å². The third-order valence-electron chi connectivity index (χ3n) is 8.01. The van der Waals surface area contributed by atoms with E-state index in [0.717, 1.165) is 55.4 Å². The molecule has 0 saturated heterocycles. The number of hydrogen-bond acceptors (Lipinski definition) is 5. The minimum absolute atomic E-state index is 0.347. The number of hydrogen-bond donors (Lipinski definition) is 0. The topological polar surface area (TPSA) is 63.3 Å². The van der Waals surface area contributed by atoms with E-state index in [-0.39, 0.29) is 0 Å². The summed E-state index contributed by atoms with van der Waals surface area (Å²) < 4.78 is 36.5. The standard InChI is InChI=1S/C37H31FN4O3/c1-22-12-13-39-34(14-22)42-32-9-7-6-8-30(32)31-11-10-28(19-33(31)42)45-29-17-26(38)16-27(18-29)41-21-25(20-40-41)35-36(43-4)23(2)15-24(3)37(35)44-5/h6-21H,1-5H3. The Hall–Kier alpha value is -5.63. The van der Waals surface area contributed by atoms with E-state index in [1.165, 1.54) is 12.1 Å². The average Bonchev–Trinajstić information content (AvgIpc) is 3.64. The van der Waals surface area contributed by atoms with Crippen molar-refractivity contribution in [1.29, 1.82) is 0 Å². The van der Waals surface area contributed by atoms with Gasteiger partial charge in [-0.1, -0.05) is 18.2 Å². The molecule has 0 N–H and O–H groups in total. The molecule has 0 atom stereocenters. The number of ether oxygens (including phenoxy) is 3. The number of pyridine rings is 1. The highest BCUT2D eigenvalue weighted by Crippen LogP contribution is 2.43. The molecule has 0 aliphatic rings. The normalized spacial score (nSPS) is 11.3. The van der Waals surface area contributed by atoms with Gasteiger partial charge in [0.2, 0.25) is 0 Å². The first-order chi connectivity index (χ1) is 21.8. The second kappa shape index (κ2) is 11.1. The predicted octanol–water partition coefficient (Wildman–Crippen LogP) is 8.91. The number of para-hydroxylation sites is 1. The molecule has 0 aliphatic carbocycles. The molecule has 0 amide bonds. The molecule has 8 heteroatoms. The van der Waals surface area contributed by atoms with E-state index >= 15 is 4.39 Å². The Morgan fingerprint density at radius 1 is 0.733 bits per heavy atom. The molecule has 224 valence electrons. The maximum absolute atomic E-state index is 15.0. The van der Waals surface area contributed by atoms with Crippen LogP contribution in [0.15, 0.2) is 97.5 Å². The minimum Gasteiger partial charge on any atom is -0.496 e. The Morgan fingerprint density at radius 3 is 2.24 bits per heavy atom. The maximum atomic E-state index is 15.0. The number of aromatic nitrogens is 4. The summed E-state index contributed by atoms with van der Waals surface area (Å²) in [5, 5.41) is 6.74. The first-order valence-electron chi connectivity index (χ1n) is 14.6. The van der Waals surface area contributed by atoms with E-state index in [2.05, 4.69) is 32.8 Å². The van der Waals surface area contributed by atoms with Crippen LogP contribution in [0.3, 0.4) is 0 Å². The van der Waals surface area contributed by atoms with E-state index in [1.54, 1.807) is 31.2 Å². The zero-order valence-electron chi connectivity index (χ0n) is 25.6. The van der Waals surface area contributed by atoms with Gasteiger partial charge in [-0.25, -0.2) is 14.1 Å². The molecule has 0 spiro atoms. The summed E-state index contributed by atoms with van der Waals surface area (Å²) in [5.74, 6) is 2.70. The van der Waals surface area contributed by atoms with Crippen molar-refractivity contribution in [2.24, 2.45) is 0 Å². The van der Waals surface area contributed by atoms with Crippen LogP contribution in [0.2, 0.25) is 0 Å². The molecule has 45 heavy (non-hydrogen) atoms. The van der Waals surface area contributed by atoms with Gasteiger partial charge in [-0.15, -0.1) is 0 Å². The molecule has 0 aliphatic heterocycles. The summed E-state index contributed by atoms with van der Waals surface area (Å²) in [6.07, 6.45) is 5.36. The predicted molar refractivity (Wildman–Crippen MR) is 175 cm³/mol. The van der Waals surface area contributed by atoms with Crippen molar-refractivity contribution in [3.63, 3.8) is 0 Å². The number of halogens is 1. The molecule has 0 saturated carbocycles. The Morgan fingerprint density at radius 2 is 1.49 bits per heavy atom. The third kappa shape index (κ3) is 4.94. The van der Waals surface area contributed by atoms with E-state index in [9.17, 15) is 0 Å². The van der Waals surface area contributed by atoms with Crippen LogP contribution in [-0.2, 0) is 0 Å². The van der Waals surface area contributed by atoms with Gasteiger partial charge in [-0.2, -0.15) is 5.10 Å². The maximum Gasteiger partial charge on any atom is 0.137 e. The lowest BCUT2D eigenvalue weighted by Crippen LogP contribution is -1.98. The van der Waals surface area contributed by atoms with Crippen molar-refractivity contribution < 1.29 is 18.6 Å². The summed E-state index contributed by atoms with van der Waals surface area (Å²) in [4.78, 5) is 4.65. The number of rotatable bonds is 7. The van der Waals surface area contributed by atoms with Crippen molar-refractivity contribution in [3.8, 4) is 45.6 Å². The van der Waals surface area contributed by atoms with Gasteiger partial charge < -0.3 is 14.2 Å². The number of aryl methyl sites for hydroxylation is 3. The zero-order valence-corrected chi connectivity index (χ0v) is 25.6. The Kier molecular flexibility index (Phi) is 6.97. The fourth-order valence-corrected chi connectivity index (χ4v) is 6.11. The largest absolute Gasteiger partial charge is 0.496 e. The van der Waals surface area contributed by atoms with Crippen molar-refractivity contribution in [1.82, 2.24) is 19.3 Å². The summed E-state index contributed by atoms with van der Waals surface area (Å²) in [7, 11) is 3.27. The van der Waals surface area contributed by atoms with Gasteiger partial charge in [0, 0.05) is 46.9 Å². The highest BCUT2D eigenvalue weighted by molar-refractivity contribution is 6.09. The highest BCUT2D eigenvalue weighted by Gasteiger charge is 2.20. The minimum atomic E-state index is -0.444. The van der Waals surface area contributed by atoms with Gasteiger partial charge in [-0.05, 0) is 79.9 Å². The van der Waals surface area contributed by atoms with Gasteiger partial charge in [0.15, 0.2) is 0 Å². The molecule has 4 aromatic carbocycles. The van der Waals surface area contributed by atoms with Crippen LogP contribution in [0, 0.1) is 26.6 Å². The van der Waals surface area contributed by atoms with Crippen LogP contribution in [-0.4, -0.2) is 33.6 Å². The lowest BCUT2D eigenvalue weighted by Gasteiger charge is -2.16. The lowest BCUT2D eigenvalue weighted by molar-refractivity contribution is 0.393. The van der Waals surface area contributed by atoms with E-state index < -0.39 is 5.82 Å². The van der Waals surface area contributed by atoms with Crippen LogP contribution in [0.4, 0.5) is 4.39 Å². The summed E-state index contributed by atoms with van der Waals surface area (Å²) in [6, 6.07) is 24.7. The quantitative estimate of drug-likeness (QED) is 0.183. The third-order valence-corrected chi connectivity index (χ3v) is 8.01. The molecule has 7 rings (SSSR count). The average molecular weight is 599 g/mol. The van der Waals surface area contributed by atoms with Crippen molar-refractivity contribution in [2.75, 3.05) is 14.2 Å². The van der Waals surface area contributed by atoms with Crippen molar-refractivity contribution in [2.45, 2.75) is 20.8 Å². The molecule has 7 nitrogen and oxygen atoms in total. The summed E-state index contributed by atoms with van der Waals surface area (Å²) >= 11 is 0. The van der Waals surface area contributed by atoms with Crippen LogP contribution >= 0.6 is 0 Å². The Bertz CT molecular complexity index is 2210. The van der Waals surface area contributed by atoms with Gasteiger partial charge in [0.25, 0.3) is 0 Å². The second-order valence-corrected chi connectivity index (χ2v) is 11.1. The molecular weight excluding hydrogens is 567 g/mol. The summed E-state index contributed by atoms with van der Waals surface area (Å²) in [5.41, 5.74) is 7.15. The van der Waals surface area contributed by atoms with Crippen molar-refractivity contribution >= 4 is 21.8 Å². The van der Waals surface area contributed by atoms with Gasteiger partial charge in [0.1, 0.15) is 34.6 Å². The number of nitrogens with zero attached hydrogens (tertiary/aromatic N) is 4. The van der Waals surface area contributed by atoms with E-state index in [1.807, 2.05) is 75.6 Å². The second-order valence-electron chi connectivity index (χ2n) is 11.1. The zero-order chi connectivity index (χ0) is 31.2. The Balaban J connectivity index is 1.28. The Labute approximate surface area is 260 Å². The van der Waals surface area contributed by atoms with E-state index in [4.69, 9.17) is 14.2 Å². The molecule has 0 bridgehead atoms. The molecular formula is C37H31FN4O3. The number of methoxy groups -OCH3 is 2. The highest BCUT2D eigenvalue weighted by atomic mass is 19.1. The molecule has 0 fully saturated rings. The van der Waals surface area contributed by atoms with Gasteiger partial charge in [0.05, 0.1) is 42.7 Å². The fraction of sp³-hybridized carbons (Fsp3) is 0.135. The molecule has 3 heterocycles. The number of benzene rings is 4. The molecule has 0 radical (unpaired) electrons.